The highest BCUT2D eigenvalue weighted by atomic mass is 35.5. The molecular formula is C18H19ClO2. The van der Waals surface area contributed by atoms with Crippen LogP contribution in [0.15, 0.2) is 36.4 Å². The smallest absolute Gasteiger partial charge is 0.200 e. The molecule has 0 atom stereocenters. The first kappa shape index (κ1) is 15.6. The molecule has 0 aromatic heterocycles. The molecule has 0 radical (unpaired) electrons. The zero-order chi connectivity index (χ0) is 15.4. The second-order valence-electron chi connectivity index (χ2n) is 5.14. The number of halogens is 1. The van der Waals surface area contributed by atoms with Crippen LogP contribution >= 0.6 is 11.6 Å². The Morgan fingerprint density at radius 2 is 1.90 bits per heavy atom. The van der Waals surface area contributed by atoms with Gasteiger partial charge in [-0.05, 0) is 55.7 Å². The van der Waals surface area contributed by atoms with Gasteiger partial charge in [0.2, 0.25) is 0 Å². The van der Waals surface area contributed by atoms with E-state index < -0.39 is 0 Å². The first-order chi connectivity index (χ1) is 10.0. The molecule has 3 heteroatoms. The van der Waals surface area contributed by atoms with Crippen molar-refractivity contribution >= 4 is 17.4 Å². The highest BCUT2D eigenvalue weighted by Crippen LogP contribution is 2.22. The fourth-order valence-electron chi connectivity index (χ4n) is 2.17. The van der Waals surface area contributed by atoms with Crippen molar-refractivity contribution in [2.75, 3.05) is 6.61 Å². The van der Waals surface area contributed by atoms with E-state index in [0.29, 0.717) is 5.75 Å². The molecule has 110 valence electrons. The molecular weight excluding hydrogens is 284 g/mol. The molecule has 0 saturated carbocycles. The lowest BCUT2D eigenvalue weighted by Gasteiger charge is -2.10. The Morgan fingerprint density at radius 3 is 2.62 bits per heavy atom. The third-order valence-corrected chi connectivity index (χ3v) is 3.83. The molecule has 0 aliphatic carbocycles. The van der Waals surface area contributed by atoms with Crippen molar-refractivity contribution < 1.29 is 9.53 Å². The summed E-state index contributed by atoms with van der Waals surface area (Å²) in [4.78, 5) is 12.3. The van der Waals surface area contributed by atoms with Crippen molar-refractivity contribution in [1.29, 1.82) is 0 Å². The Balaban J connectivity index is 2.09. The predicted molar refractivity (Wildman–Crippen MR) is 86.6 cm³/mol. The van der Waals surface area contributed by atoms with Crippen molar-refractivity contribution in [3.05, 3.63) is 63.7 Å². The average molecular weight is 303 g/mol. The van der Waals surface area contributed by atoms with Crippen molar-refractivity contribution in [1.82, 2.24) is 0 Å². The van der Waals surface area contributed by atoms with Crippen LogP contribution < -0.4 is 4.74 Å². The van der Waals surface area contributed by atoms with E-state index in [-0.39, 0.29) is 12.4 Å². The summed E-state index contributed by atoms with van der Waals surface area (Å²) in [6.45, 7) is 5.98. The highest BCUT2D eigenvalue weighted by molar-refractivity contribution is 6.31. The number of benzene rings is 2. The number of ether oxygens (including phenoxy) is 1. The molecule has 0 fully saturated rings. The summed E-state index contributed by atoms with van der Waals surface area (Å²) in [5.41, 5.74) is 3.79. The summed E-state index contributed by atoms with van der Waals surface area (Å²) >= 11 is 6.07. The average Bonchev–Trinajstić information content (AvgIpc) is 2.48. The van der Waals surface area contributed by atoms with E-state index >= 15 is 0 Å². The highest BCUT2D eigenvalue weighted by Gasteiger charge is 2.11. The molecule has 0 heterocycles. The Labute approximate surface area is 130 Å². The van der Waals surface area contributed by atoms with Crippen LogP contribution in [0, 0.1) is 13.8 Å². The molecule has 0 saturated heterocycles. The van der Waals surface area contributed by atoms with Gasteiger partial charge in [-0.25, -0.2) is 0 Å². The zero-order valence-corrected chi connectivity index (χ0v) is 13.3. The maximum Gasteiger partial charge on any atom is 0.200 e. The van der Waals surface area contributed by atoms with Gasteiger partial charge in [0.25, 0.3) is 0 Å². The maximum atomic E-state index is 12.3. The normalized spacial score (nSPS) is 10.5. The topological polar surface area (TPSA) is 26.3 Å². The van der Waals surface area contributed by atoms with Gasteiger partial charge in [-0.3, -0.25) is 4.79 Å². The quantitative estimate of drug-likeness (QED) is 0.743. The second-order valence-corrected chi connectivity index (χ2v) is 5.54. The first-order valence-electron chi connectivity index (χ1n) is 7.03. The van der Waals surface area contributed by atoms with Gasteiger partial charge in [-0.2, -0.15) is 0 Å². The van der Waals surface area contributed by atoms with Crippen LogP contribution in [0.3, 0.4) is 0 Å². The number of hydrogen-bond acceptors (Lipinski definition) is 2. The van der Waals surface area contributed by atoms with Gasteiger partial charge in [-0.15, -0.1) is 0 Å². The predicted octanol–water partition coefficient (Wildman–Crippen LogP) is 4.78. The molecule has 2 rings (SSSR count). The zero-order valence-electron chi connectivity index (χ0n) is 12.6. The Morgan fingerprint density at radius 1 is 1.14 bits per heavy atom. The third-order valence-electron chi connectivity index (χ3n) is 3.46. The van der Waals surface area contributed by atoms with Gasteiger partial charge in [-0.1, -0.05) is 36.2 Å². The summed E-state index contributed by atoms with van der Waals surface area (Å²) in [5.74, 6) is 0.666. The Kier molecular flexibility index (Phi) is 5.03. The minimum absolute atomic E-state index is 0.0100. The fraction of sp³-hybridized carbons (Fsp3) is 0.278. The van der Waals surface area contributed by atoms with E-state index in [4.69, 9.17) is 16.3 Å². The molecule has 2 aromatic rings. The molecule has 2 nitrogen and oxygen atoms in total. The van der Waals surface area contributed by atoms with Gasteiger partial charge >= 0.3 is 0 Å². The maximum absolute atomic E-state index is 12.3. The van der Waals surface area contributed by atoms with E-state index in [1.54, 1.807) is 12.1 Å². The number of carbonyl (C=O) groups excluding carboxylic acids is 1. The number of Topliss-reactive ketones (excluding diaryl/α,β-unsaturated/α-hetero) is 1. The van der Waals surface area contributed by atoms with E-state index in [9.17, 15) is 4.79 Å². The molecule has 0 unspecified atom stereocenters. The van der Waals surface area contributed by atoms with Gasteiger partial charge in [0.15, 0.2) is 12.4 Å². The fourth-order valence-corrected chi connectivity index (χ4v) is 2.43. The molecule has 0 bridgehead atoms. The lowest BCUT2D eigenvalue weighted by Crippen LogP contribution is -2.13. The number of aryl methyl sites for hydroxylation is 3. The van der Waals surface area contributed by atoms with Crippen LogP contribution in [0.5, 0.6) is 5.75 Å². The summed E-state index contributed by atoms with van der Waals surface area (Å²) in [7, 11) is 0. The molecule has 0 aliphatic rings. The van der Waals surface area contributed by atoms with Gasteiger partial charge in [0, 0.05) is 10.6 Å². The van der Waals surface area contributed by atoms with Gasteiger partial charge in [0.1, 0.15) is 5.75 Å². The first-order valence-corrected chi connectivity index (χ1v) is 7.40. The standard InChI is InChI=1S/C18H19ClO2/c1-4-14-10-15(7-8-17(14)19)21-11-18(20)16-9-12(2)5-6-13(16)3/h5-10H,4,11H2,1-3H3. The largest absolute Gasteiger partial charge is 0.485 e. The monoisotopic (exact) mass is 302 g/mol. The molecule has 0 N–H and O–H groups in total. The van der Waals surface area contributed by atoms with Gasteiger partial charge in [0.05, 0.1) is 0 Å². The molecule has 0 spiro atoms. The van der Waals surface area contributed by atoms with Gasteiger partial charge < -0.3 is 4.74 Å². The molecule has 2 aromatic carbocycles. The summed E-state index contributed by atoms with van der Waals surface area (Å²) < 4.78 is 5.61. The van der Waals surface area contributed by atoms with E-state index in [2.05, 4.69) is 0 Å². The van der Waals surface area contributed by atoms with Crippen molar-refractivity contribution in [3.8, 4) is 5.75 Å². The van der Waals surface area contributed by atoms with Crippen LogP contribution in [-0.2, 0) is 6.42 Å². The number of ketones is 1. The van der Waals surface area contributed by atoms with Crippen molar-refractivity contribution in [3.63, 3.8) is 0 Å². The minimum Gasteiger partial charge on any atom is -0.485 e. The number of hydrogen-bond donors (Lipinski definition) is 0. The summed E-state index contributed by atoms with van der Waals surface area (Å²) in [5, 5.41) is 0.728. The second kappa shape index (κ2) is 6.77. The van der Waals surface area contributed by atoms with Crippen molar-refractivity contribution in [2.24, 2.45) is 0 Å². The SMILES string of the molecule is CCc1cc(OCC(=O)c2cc(C)ccc2C)ccc1Cl. The van der Waals surface area contributed by atoms with Crippen LogP contribution in [-0.4, -0.2) is 12.4 Å². The molecule has 21 heavy (non-hydrogen) atoms. The Hall–Kier alpha value is -1.80. The van der Waals surface area contributed by atoms with E-state index in [0.717, 1.165) is 33.7 Å². The van der Waals surface area contributed by atoms with Crippen LogP contribution in [0.4, 0.5) is 0 Å². The van der Waals surface area contributed by atoms with Crippen LogP contribution in [0.1, 0.15) is 34.0 Å². The van der Waals surface area contributed by atoms with Crippen molar-refractivity contribution in [2.45, 2.75) is 27.2 Å². The lowest BCUT2D eigenvalue weighted by molar-refractivity contribution is 0.0921. The minimum atomic E-state index is -0.0100. The Bertz CT molecular complexity index is 662. The number of carbonyl (C=O) groups is 1. The summed E-state index contributed by atoms with van der Waals surface area (Å²) in [6.07, 6.45) is 0.834. The lowest BCUT2D eigenvalue weighted by atomic mass is 10.0. The number of rotatable bonds is 5. The molecule has 0 aliphatic heterocycles. The third kappa shape index (κ3) is 3.85. The van der Waals surface area contributed by atoms with Crippen LogP contribution in [0.2, 0.25) is 5.02 Å². The summed E-state index contributed by atoms with van der Waals surface area (Å²) in [6, 6.07) is 11.3. The van der Waals surface area contributed by atoms with Crippen LogP contribution in [0.25, 0.3) is 0 Å². The molecule has 0 amide bonds. The van der Waals surface area contributed by atoms with E-state index in [1.165, 1.54) is 0 Å². The van der Waals surface area contributed by atoms with E-state index in [1.807, 2.05) is 45.0 Å².